The Bertz CT molecular complexity index is 939. The van der Waals surface area contributed by atoms with E-state index >= 15 is 0 Å². The Morgan fingerprint density at radius 1 is 1.11 bits per heavy atom. The Hall–Kier alpha value is -2.87. The number of hydrogen-bond acceptors (Lipinski definition) is 5. The van der Waals surface area contributed by atoms with Crippen LogP contribution in [0.15, 0.2) is 48.5 Å². The van der Waals surface area contributed by atoms with Crippen molar-refractivity contribution in [1.82, 2.24) is 5.32 Å². The summed E-state index contributed by atoms with van der Waals surface area (Å²) in [6.45, 7) is 1.86. The Kier molecular flexibility index (Phi) is 7.17. The second-order valence-corrected chi connectivity index (χ2v) is 8.79. The van der Waals surface area contributed by atoms with Crippen LogP contribution < -0.4 is 15.4 Å². The zero-order valence-corrected chi connectivity index (χ0v) is 16.9. The summed E-state index contributed by atoms with van der Waals surface area (Å²) < 4.78 is 28.1. The van der Waals surface area contributed by atoms with Crippen LogP contribution in [0.2, 0.25) is 0 Å². The minimum atomic E-state index is -3.29. The molecule has 8 heteroatoms. The standard InChI is InChI=1S/C20H24N2O5S/c1-14-5-4-6-15(13-14)19(23)22-18(11-12-28(3,25)26)20(24)21-16-7-9-17(27-2)10-8-16/h4-10,13,18H,11-12H2,1-3H3,(H,21,24)(H,22,23). The fraction of sp³-hybridized carbons (Fsp3) is 0.300. The third-order valence-corrected chi connectivity index (χ3v) is 5.01. The van der Waals surface area contributed by atoms with E-state index < -0.39 is 27.7 Å². The van der Waals surface area contributed by atoms with Gasteiger partial charge in [-0.15, -0.1) is 0 Å². The zero-order chi connectivity index (χ0) is 20.7. The zero-order valence-electron chi connectivity index (χ0n) is 16.1. The van der Waals surface area contributed by atoms with Crippen LogP contribution in [0.5, 0.6) is 5.75 Å². The fourth-order valence-electron chi connectivity index (χ4n) is 2.53. The SMILES string of the molecule is COc1ccc(NC(=O)C(CCS(C)(=O)=O)NC(=O)c2cccc(C)c2)cc1. The Labute approximate surface area is 165 Å². The molecule has 2 rings (SSSR count). The summed E-state index contributed by atoms with van der Waals surface area (Å²) in [7, 11) is -1.75. The average Bonchev–Trinajstić information content (AvgIpc) is 2.64. The minimum Gasteiger partial charge on any atom is -0.497 e. The Balaban J connectivity index is 2.14. The number of aryl methyl sites for hydroxylation is 1. The summed E-state index contributed by atoms with van der Waals surface area (Å²) in [6, 6.07) is 12.6. The summed E-state index contributed by atoms with van der Waals surface area (Å²) >= 11 is 0. The lowest BCUT2D eigenvalue weighted by Gasteiger charge is -2.18. The fourth-order valence-corrected chi connectivity index (χ4v) is 3.20. The number of methoxy groups -OCH3 is 1. The first-order valence-corrected chi connectivity index (χ1v) is 10.7. The van der Waals surface area contributed by atoms with Gasteiger partial charge in [-0.05, 0) is 49.7 Å². The number of benzene rings is 2. The summed E-state index contributed by atoms with van der Waals surface area (Å²) in [5.74, 6) is -0.511. The van der Waals surface area contributed by atoms with Gasteiger partial charge in [-0.2, -0.15) is 0 Å². The molecule has 2 N–H and O–H groups in total. The minimum absolute atomic E-state index is 0.0294. The van der Waals surface area contributed by atoms with Gasteiger partial charge in [-0.1, -0.05) is 17.7 Å². The van der Waals surface area contributed by atoms with Crippen LogP contribution in [0.4, 0.5) is 5.69 Å². The van der Waals surface area contributed by atoms with Crippen molar-refractivity contribution in [3.63, 3.8) is 0 Å². The van der Waals surface area contributed by atoms with Gasteiger partial charge in [0.05, 0.1) is 12.9 Å². The van der Waals surface area contributed by atoms with Gasteiger partial charge < -0.3 is 15.4 Å². The number of amides is 2. The number of sulfone groups is 1. The maximum Gasteiger partial charge on any atom is 0.251 e. The van der Waals surface area contributed by atoms with E-state index in [0.29, 0.717) is 17.0 Å². The molecule has 0 bridgehead atoms. The monoisotopic (exact) mass is 404 g/mol. The number of ether oxygens (including phenoxy) is 1. The Morgan fingerprint density at radius 2 is 1.79 bits per heavy atom. The van der Waals surface area contributed by atoms with E-state index in [1.165, 1.54) is 7.11 Å². The molecule has 2 amide bonds. The first kappa shape index (κ1) is 21.4. The van der Waals surface area contributed by atoms with Gasteiger partial charge in [0, 0.05) is 17.5 Å². The molecule has 0 aliphatic carbocycles. The molecule has 1 atom stereocenters. The quantitative estimate of drug-likeness (QED) is 0.702. The molecule has 7 nitrogen and oxygen atoms in total. The van der Waals surface area contributed by atoms with Crippen molar-refractivity contribution < 1.29 is 22.7 Å². The highest BCUT2D eigenvalue weighted by Gasteiger charge is 2.23. The second-order valence-electron chi connectivity index (χ2n) is 6.53. The molecule has 2 aromatic rings. The third-order valence-electron chi connectivity index (χ3n) is 4.04. The summed E-state index contributed by atoms with van der Waals surface area (Å²) in [5, 5.41) is 5.33. The van der Waals surface area contributed by atoms with Crippen molar-refractivity contribution in [2.75, 3.05) is 24.4 Å². The second kappa shape index (κ2) is 9.36. The van der Waals surface area contributed by atoms with Crippen LogP contribution in [-0.4, -0.2) is 45.4 Å². The van der Waals surface area contributed by atoms with Gasteiger partial charge in [0.25, 0.3) is 5.91 Å². The highest BCUT2D eigenvalue weighted by atomic mass is 32.2. The van der Waals surface area contributed by atoms with Crippen molar-refractivity contribution in [3.05, 3.63) is 59.7 Å². The predicted octanol–water partition coefficient (Wildman–Crippen LogP) is 2.18. The number of hydrogen-bond donors (Lipinski definition) is 2. The highest BCUT2D eigenvalue weighted by molar-refractivity contribution is 7.90. The normalized spacial score (nSPS) is 12.1. The molecule has 28 heavy (non-hydrogen) atoms. The lowest BCUT2D eigenvalue weighted by Crippen LogP contribution is -2.44. The summed E-state index contributed by atoms with van der Waals surface area (Å²) in [5.41, 5.74) is 1.82. The smallest absolute Gasteiger partial charge is 0.251 e. The first-order valence-electron chi connectivity index (χ1n) is 8.68. The van der Waals surface area contributed by atoms with E-state index in [-0.39, 0.29) is 12.2 Å². The molecule has 2 aromatic carbocycles. The number of carbonyl (C=O) groups is 2. The predicted molar refractivity (Wildman–Crippen MR) is 108 cm³/mol. The topological polar surface area (TPSA) is 102 Å². The van der Waals surface area contributed by atoms with Gasteiger partial charge in [0.2, 0.25) is 5.91 Å². The van der Waals surface area contributed by atoms with Crippen LogP contribution in [-0.2, 0) is 14.6 Å². The molecule has 0 heterocycles. The lowest BCUT2D eigenvalue weighted by molar-refractivity contribution is -0.118. The number of anilines is 1. The number of rotatable bonds is 8. The molecule has 0 fully saturated rings. The molecule has 0 aromatic heterocycles. The van der Waals surface area contributed by atoms with Crippen molar-refractivity contribution in [3.8, 4) is 5.75 Å². The maximum atomic E-state index is 12.7. The molecule has 0 radical (unpaired) electrons. The molecule has 0 spiro atoms. The van der Waals surface area contributed by atoms with Crippen molar-refractivity contribution in [1.29, 1.82) is 0 Å². The van der Waals surface area contributed by atoms with Crippen molar-refractivity contribution in [2.24, 2.45) is 0 Å². The molecular formula is C20H24N2O5S. The van der Waals surface area contributed by atoms with Gasteiger partial charge in [0.1, 0.15) is 21.6 Å². The number of carbonyl (C=O) groups excluding carboxylic acids is 2. The first-order chi connectivity index (χ1) is 13.2. The molecule has 0 aliphatic heterocycles. The van der Waals surface area contributed by atoms with E-state index in [4.69, 9.17) is 4.74 Å². The summed E-state index contributed by atoms with van der Waals surface area (Å²) in [6.07, 6.45) is 1.06. The van der Waals surface area contributed by atoms with Gasteiger partial charge in [-0.25, -0.2) is 8.42 Å². The van der Waals surface area contributed by atoms with Crippen LogP contribution in [0.1, 0.15) is 22.3 Å². The molecule has 0 saturated heterocycles. The largest absolute Gasteiger partial charge is 0.497 e. The average molecular weight is 404 g/mol. The van der Waals surface area contributed by atoms with Crippen LogP contribution in [0, 0.1) is 6.92 Å². The van der Waals surface area contributed by atoms with Crippen LogP contribution in [0.3, 0.4) is 0 Å². The van der Waals surface area contributed by atoms with E-state index in [1.54, 1.807) is 42.5 Å². The van der Waals surface area contributed by atoms with Crippen molar-refractivity contribution >= 4 is 27.3 Å². The highest BCUT2D eigenvalue weighted by Crippen LogP contribution is 2.15. The van der Waals surface area contributed by atoms with Crippen molar-refractivity contribution in [2.45, 2.75) is 19.4 Å². The Morgan fingerprint density at radius 3 is 2.36 bits per heavy atom. The van der Waals surface area contributed by atoms with Crippen LogP contribution in [0.25, 0.3) is 0 Å². The number of nitrogens with one attached hydrogen (secondary N) is 2. The lowest BCUT2D eigenvalue weighted by atomic mass is 10.1. The van der Waals surface area contributed by atoms with Gasteiger partial charge in [0.15, 0.2) is 0 Å². The van der Waals surface area contributed by atoms with Crippen LogP contribution >= 0.6 is 0 Å². The molecular weight excluding hydrogens is 380 g/mol. The van der Waals surface area contributed by atoms with E-state index in [2.05, 4.69) is 10.6 Å². The molecule has 0 saturated carbocycles. The summed E-state index contributed by atoms with van der Waals surface area (Å²) in [4.78, 5) is 25.2. The van der Waals surface area contributed by atoms with Gasteiger partial charge in [-0.3, -0.25) is 9.59 Å². The van der Waals surface area contributed by atoms with E-state index in [9.17, 15) is 18.0 Å². The molecule has 150 valence electrons. The van der Waals surface area contributed by atoms with Gasteiger partial charge >= 0.3 is 0 Å². The molecule has 0 aliphatic rings. The molecule has 1 unspecified atom stereocenters. The van der Waals surface area contributed by atoms with E-state index in [0.717, 1.165) is 11.8 Å². The maximum absolute atomic E-state index is 12.7. The third kappa shape index (κ3) is 6.70. The van der Waals surface area contributed by atoms with E-state index in [1.807, 2.05) is 13.0 Å².